The van der Waals surface area contributed by atoms with Crippen molar-refractivity contribution >= 4 is 34.2 Å². The van der Waals surface area contributed by atoms with E-state index in [9.17, 15) is 5.26 Å². The van der Waals surface area contributed by atoms with Crippen molar-refractivity contribution in [3.63, 3.8) is 0 Å². The standard InChI is InChI=1S/C18H18N6S.C2H6/c1-12-5-6-16(18-17(12)13(10-20)11-22-18)23-25-15-4-2-3-14(9-15)24(21)8-7-19;1-2/h2-9,11,22-23H,19,21H2,1H3;1-2H3/b8-7-;. The van der Waals surface area contributed by atoms with Gasteiger partial charge in [0, 0.05) is 28.9 Å². The van der Waals surface area contributed by atoms with Crippen molar-refractivity contribution in [3.05, 3.63) is 66.1 Å². The Hall–Kier alpha value is -3.08. The molecule has 0 unspecified atom stereocenters. The molecule has 0 aliphatic heterocycles. The van der Waals surface area contributed by atoms with E-state index < -0.39 is 0 Å². The van der Waals surface area contributed by atoms with Crippen molar-refractivity contribution < 1.29 is 0 Å². The first-order chi connectivity index (χ1) is 13.1. The minimum absolute atomic E-state index is 0.649. The van der Waals surface area contributed by atoms with E-state index in [4.69, 9.17) is 11.6 Å². The largest absolute Gasteiger partial charge is 0.403 e. The van der Waals surface area contributed by atoms with Crippen molar-refractivity contribution in [2.45, 2.75) is 25.7 Å². The van der Waals surface area contributed by atoms with E-state index in [0.29, 0.717) is 5.56 Å². The number of aromatic nitrogens is 1. The highest BCUT2D eigenvalue weighted by atomic mass is 32.2. The summed E-state index contributed by atoms with van der Waals surface area (Å²) in [6.07, 6.45) is 4.71. The van der Waals surface area contributed by atoms with Crippen molar-refractivity contribution in [1.29, 1.82) is 5.26 Å². The summed E-state index contributed by atoms with van der Waals surface area (Å²) in [5.74, 6) is 5.89. The monoisotopic (exact) mass is 380 g/mol. The Bertz CT molecular complexity index is 970. The number of anilines is 2. The van der Waals surface area contributed by atoms with Crippen molar-refractivity contribution in [3.8, 4) is 6.07 Å². The first kappa shape index (κ1) is 20.2. The maximum atomic E-state index is 9.25. The summed E-state index contributed by atoms with van der Waals surface area (Å²) in [6.45, 7) is 6.00. The van der Waals surface area contributed by atoms with Crippen LogP contribution in [0.3, 0.4) is 0 Å². The van der Waals surface area contributed by atoms with Crippen LogP contribution in [0.5, 0.6) is 0 Å². The van der Waals surface area contributed by atoms with Gasteiger partial charge in [-0.05, 0) is 48.7 Å². The van der Waals surface area contributed by atoms with Gasteiger partial charge in [0.2, 0.25) is 0 Å². The number of benzene rings is 2. The molecule has 0 fully saturated rings. The lowest BCUT2D eigenvalue weighted by Gasteiger charge is -2.14. The molecule has 0 aliphatic rings. The van der Waals surface area contributed by atoms with Gasteiger partial charge in [0.05, 0.1) is 22.5 Å². The lowest BCUT2D eigenvalue weighted by atomic mass is 10.1. The molecule has 0 bridgehead atoms. The van der Waals surface area contributed by atoms with Gasteiger partial charge in [-0.3, -0.25) is 5.01 Å². The van der Waals surface area contributed by atoms with Gasteiger partial charge >= 0.3 is 0 Å². The zero-order valence-corrected chi connectivity index (χ0v) is 16.5. The molecule has 0 saturated heterocycles. The summed E-state index contributed by atoms with van der Waals surface area (Å²) in [6, 6.07) is 14.0. The second-order valence-electron chi connectivity index (χ2n) is 5.44. The van der Waals surface area contributed by atoms with Gasteiger partial charge in [0.15, 0.2) is 0 Å². The Balaban J connectivity index is 0.00000126. The molecule has 0 spiro atoms. The molecule has 1 aromatic heterocycles. The van der Waals surface area contributed by atoms with Crippen LogP contribution in [0.4, 0.5) is 11.4 Å². The van der Waals surface area contributed by atoms with Crippen LogP contribution in [0.2, 0.25) is 0 Å². The van der Waals surface area contributed by atoms with Crippen molar-refractivity contribution in [2.24, 2.45) is 11.6 Å². The molecule has 7 heteroatoms. The number of H-pyrrole nitrogens is 1. The van der Waals surface area contributed by atoms with E-state index in [1.807, 2.05) is 57.2 Å². The Morgan fingerprint density at radius 2 is 2.04 bits per heavy atom. The van der Waals surface area contributed by atoms with Crippen molar-refractivity contribution in [2.75, 3.05) is 9.73 Å². The smallest absolute Gasteiger partial charge is 0.101 e. The van der Waals surface area contributed by atoms with E-state index in [-0.39, 0.29) is 0 Å². The summed E-state index contributed by atoms with van der Waals surface area (Å²) < 4.78 is 3.34. The van der Waals surface area contributed by atoms with Gasteiger partial charge in [-0.25, -0.2) is 5.84 Å². The number of aromatic amines is 1. The highest BCUT2D eigenvalue weighted by Gasteiger charge is 2.10. The Morgan fingerprint density at radius 3 is 2.74 bits per heavy atom. The van der Waals surface area contributed by atoms with Crippen LogP contribution < -0.4 is 21.3 Å². The van der Waals surface area contributed by atoms with Gasteiger partial charge in [-0.1, -0.05) is 26.0 Å². The van der Waals surface area contributed by atoms with Gasteiger partial charge in [0.25, 0.3) is 0 Å². The predicted octanol–water partition coefficient (Wildman–Crippen LogP) is 4.60. The second kappa shape index (κ2) is 9.57. The van der Waals surface area contributed by atoms with E-state index in [2.05, 4.69) is 15.8 Å². The quantitative estimate of drug-likeness (QED) is 0.293. The molecule has 0 saturated carbocycles. The fourth-order valence-corrected chi connectivity index (χ4v) is 3.32. The molecule has 6 N–H and O–H groups in total. The van der Waals surface area contributed by atoms with Crippen LogP contribution >= 0.6 is 11.9 Å². The van der Waals surface area contributed by atoms with E-state index >= 15 is 0 Å². The number of nitrogens with two attached hydrogens (primary N) is 2. The maximum Gasteiger partial charge on any atom is 0.101 e. The third-order valence-corrected chi connectivity index (χ3v) is 4.62. The van der Waals surface area contributed by atoms with Crippen LogP contribution in [-0.2, 0) is 0 Å². The lowest BCUT2D eigenvalue weighted by molar-refractivity contribution is 1.07. The summed E-state index contributed by atoms with van der Waals surface area (Å²) in [7, 11) is 0. The number of fused-ring (bicyclic) bond motifs is 1. The number of nitriles is 1. The predicted molar refractivity (Wildman–Crippen MR) is 115 cm³/mol. The molecular formula is C20H24N6S. The van der Waals surface area contributed by atoms with Gasteiger partial charge in [-0.15, -0.1) is 0 Å². The molecule has 0 amide bonds. The summed E-state index contributed by atoms with van der Waals surface area (Å²) in [4.78, 5) is 4.18. The minimum Gasteiger partial charge on any atom is -0.403 e. The number of rotatable bonds is 5. The lowest BCUT2D eigenvalue weighted by Crippen LogP contribution is -2.24. The third-order valence-electron chi connectivity index (χ3n) is 3.81. The Labute approximate surface area is 163 Å². The normalized spacial score (nSPS) is 10.3. The zero-order chi connectivity index (χ0) is 19.8. The average Bonchev–Trinajstić information content (AvgIpc) is 3.15. The molecule has 2 aromatic carbocycles. The Morgan fingerprint density at radius 1 is 1.26 bits per heavy atom. The Kier molecular flexibility index (Phi) is 7.17. The summed E-state index contributed by atoms with van der Waals surface area (Å²) in [5.41, 5.74) is 9.76. The number of hydrazine groups is 1. The first-order valence-corrected chi connectivity index (χ1v) is 9.41. The topological polar surface area (TPSA) is 107 Å². The number of aryl methyl sites for hydroxylation is 1. The molecule has 0 atom stereocenters. The molecule has 140 valence electrons. The van der Waals surface area contributed by atoms with Gasteiger partial charge in [0.1, 0.15) is 6.07 Å². The fraction of sp³-hybridized carbons (Fsp3) is 0.150. The van der Waals surface area contributed by atoms with E-state index in [0.717, 1.165) is 32.7 Å². The first-order valence-electron chi connectivity index (χ1n) is 8.60. The SMILES string of the molecule is CC.Cc1ccc(NSc2cccc(N(N)/C=C\N)c2)c2[nH]cc(C#N)c12. The number of nitrogens with zero attached hydrogens (tertiary/aromatic N) is 2. The third kappa shape index (κ3) is 4.56. The summed E-state index contributed by atoms with van der Waals surface area (Å²) in [5, 5.41) is 11.7. The molecule has 1 heterocycles. The average molecular weight is 381 g/mol. The van der Waals surface area contributed by atoms with Gasteiger partial charge < -0.3 is 15.4 Å². The van der Waals surface area contributed by atoms with Crippen molar-refractivity contribution in [1.82, 2.24) is 4.98 Å². The van der Waals surface area contributed by atoms with E-state index in [1.165, 1.54) is 23.2 Å². The fourth-order valence-electron chi connectivity index (χ4n) is 2.59. The molecule has 6 nitrogen and oxygen atoms in total. The molecule has 27 heavy (non-hydrogen) atoms. The van der Waals surface area contributed by atoms with Crippen LogP contribution in [0.1, 0.15) is 25.0 Å². The summed E-state index contributed by atoms with van der Waals surface area (Å²) >= 11 is 1.47. The number of hydrogen-bond acceptors (Lipinski definition) is 6. The van der Waals surface area contributed by atoms with Gasteiger partial charge in [-0.2, -0.15) is 5.26 Å². The molecule has 3 rings (SSSR count). The van der Waals surface area contributed by atoms with Crippen LogP contribution in [0.15, 0.2) is 59.9 Å². The highest BCUT2D eigenvalue weighted by Crippen LogP contribution is 2.32. The highest BCUT2D eigenvalue weighted by molar-refractivity contribution is 8.00. The second-order valence-corrected chi connectivity index (χ2v) is 6.32. The van der Waals surface area contributed by atoms with Crippen LogP contribution in [-0.4, -0.2) is 4.98 Å². The molecule has 3 aromatic rings. The maximum absolute atomic E-state index is 9.25. The van der Waals surface area contributed by atoms with E-state index in [1.54, 1.807) is 12.4 Å². The zero-order valence-electron chi connectivity index (χ0n) is 15.7. The van der Waals surface area contributed by atoms with Crippen LogP contribution in [0.25, 0.3) is 10.9 Å². The molecule has 0 radical (unpaired) electrons. The van der Waals surface area contributed by atoms with Crippen LogP contribution in [0, 0.1) is 18.3 Å². The number of hydrogen-bond donors (Lipinski definition) is 4. The molecular weight excluding hydrogens is 356 g/mol. The number of nitrogens with one attached hydrogen (secondary N) is 2. The molecule has 0 aliphatic carbocycles. The minimum atomic E-state index is 0.649.